The minimum atomic E-state index is -0.269. The molecule has 0 saturated heterocycles. The van der Waals surface area contributed by atoms with E-state index in [1.165, 1.54) is 0 Å². The fraction of sp³-hybridized carbons (Fsp3) is 0.240. The smallest absolute Gasteiger partial charge is 0.258 e. The van der Waals surface area contributed by atoms with Crippen LogP contribution in [0.4, 0.5) is 0 Å². The number of hydrogen-bond donors (Lipinski definition) is 1. The second kappa shape index (κ2) is 10.9. The highest BCUT2D eigenvalue weighted by Gasteiger charge is 2.15. The van der Waals surface area contributed by atoms with Gasteiger partial charge in [0.25, 0.3) is 5.91 Å². The number of carbonyl (C=O) groups excluding carboxylic acids is 1. The molecule has 162 valence electrons. The van der Waals surface area contributed by atoms with Crippen LogP contribution in [-0.4, -0.2) is 26.7 Å². The molecule has 0 aliphatic rings. The summed E-state index contributed by atoms with van der Waals surface area (Å²) in [5, 5.41) is 2.92. The number of benzene rings is 3. The largest absolute Gasteiger partial charge is 0.497 e. The van der Waals surface area contributed by atoms with E-state index in [1.54, 1.807) is 26.4 Å². The van der Waals surface area contributed by atoms with Crippen LogP contribution in [0.3, 0.4) is 0 Å². The van der Waals surface area contributed by atoms with Gasteiger partial charge in [-0.05, 0) is 55.0 Å². The number of hydrogen-bond acceptors (Lipinski definition) is 5. The van der Waals surface area contributed by atoms with E-state index in [0.29, 0.717) is 23.9 Å². The van der Waals surface area contributed by atoms with Crippen LogP contribution in [0.1, 0.15) is 24.1 Å². The van der Waals surface area contributed by atoms with E-state index >= 15 is 0 Å². The Bertz CT molecular complexity index is 973. The van der Waals surface area contributed by atoms with Crippen LogP contribution in [0.25, 0.3) is 0 Å². The van der Waals surface area contributed by atoms with Gasteiger partial charge >= 0.3 is 0 Å². The first-order valence-electron chi connectivity index (χ1n) is 10.00. The Balaban J connectivity index is 1.49. The predicted octanol–water partition coefficient (Wildman–Crippen LogP) is 4.54. The summed E-state index contributed by atoms with van der Waals surface area (Å²) in [6.45, 7) is 2.28. The van der Waals surface area contributed by atoms with Gasteiger partial charge in [-0.3, -0.25) is 4.79 Å². The molecule has 0 aliphatic carbocycles. The fourth-order valence-electron chi connectivity index (χ4n) is 3.06. The van der Waals surface area contributed by atoms with Crippen molar-refractivity contribution in [1.82, 2.24) is 5.32 Å². The minimum Gasteiger partial charge on any atom is -0.497 e. The normalized spacial score (nSPS) is 11.3. The first kappa shape index (κ1) is 22.0. The molecule has 0 aliphatic heterocycles. The molecule has 3 rings (SSSR count). The molecule has 0 saturated carbocycles. The summed E-state index contributed by atoms with van der Waals surface area (Å²) in [5.41, 5.74) is 1.93. The monoisotopic (exact) mass is 421 g/mol. The second-order valence-electron chi connectivity index (χ2n) is 6.93. The summed E-state index contributed by atoms with van der Waals surface area (Å²) >= 11 is 0. The summed E-state index contributed by atoms with van der Waals surface area (Å²) in [4.78, 5) is 12.3. The Morgan fingerprint density at radius 3 is 2.13 bits per heavy atom. The third-order valence-corrected chi connectivity index (χ3v) is 4.72. The number of ether oxygens (including phenoxy) is 4. The molecular formula is C25H27NO5. The van der Waals surface area contributed by atoms with Crippen LogP contribution in [0.15, 0.2) is 72.8 Å². The van der Waals surface area contributed by atoms with Gasteiger partial charge in [-0.1, -0.05) is 30.3 Å². The third kappa shape index (κ3) is 6.40. The Labute approximate surface area is 182 Å². The van der Waals surface area contributed by atoms with Crippen LogP contribution in [0.5, 0.6) is 23.0 Å². The number of amides is 1. The van der Waals surface area contributed by atoms with Crippen LogP contribution in [-0.2, 0) is 11.4 Å². The zero-order chi connectivity index (χ0) is 22.1. The van der Waals surface area contributed by atoms with Crippen LogP contribution in [0, 0.1) is 0 Å². The van der Waals surface area contributed by atoms with E-state index in [9.17, 15) is 4.79 Å². The highest BCUT2D eigenvalue weighted by molar-refractivity contribution is 5.78. The molecular weight excluding hydrogens is 394 g/mol. The van der Waals surface area contributed by atoms with E-state index in [1.807, 2.05) is 67.6 Å². The van der Waals surface area contributed by atoms with E-state index in [2.05, 4.69) is 5.32 Å². The van der Waals surface area contributed by atoms with Crippen molar-refractivity contribution < 1.29 is 23.7 Å². The average molecular weight is 421 g/mol. The van der Waals surface area contributed by atoms with Gasteiger partial charge in [-0.2, -0.15) is 0 Å². The Hall–Kier alpha value is -3.67. The van der Waals surface area contributed by atoms with E-state index < -0.39 is 0 Å². The summed E-state index contributed by atoms with van der Waals surface area (Å²) < 4.78 is 22.0. The summed E-state index contributed by atoms with van der Waals surface area (Å²) in [6, 6.07) is 22.4. The van der Waals surface area contributed by atoms with Crippen molar-refractivity contribution in [3.63, 3.8) is 0 Å². The van der Waals surface area contributed by atoms with Crippen LogP contribution >= 0.6 is 0 Å². The third-order valence-electron chi connectivity index (χ3n) is 4.72. The first-order valence-corrected chi connectivity index (χ1v) is 10.00. The van der Waals surface area contributed by atoms with Crippen molar-refractivity contribution >= 4 is 5.91 Å². The quantitative estimate of drug-likeness (QED) is 0.521. The van der Waals surface area contributed by atoms with Crippen molar-refractivity contribution in [3.8, 4) is 23.0 Å². The average Bonchev–Trinajstić information content (AvgIpc) is 2.82. The molecule has 31 heavy (non-hydrogen) atoms. The van der Waals surface area contributed by atoms with Gasteiger partial charge in [0.15, 0.2) is 6.61 Å². The molecule has 0 heterocycles. The molecule has 0 fully saturated rings. The number of nitrogens with one attached hydrogen (secondary N) is 1. The summed E-state index contributed by atoms with van der Waals surface area (Å²) in [5.74, 6) is 2.47. The molecule has 0 aromatic heterocycles. The Morgan fingerprint density at radius 2 is 1.48 bits per heavy atom. The molecule has 0 spiro atoms. The van der Waals surface area contributed by atoms with Gasteiger partial charge in [-0.15, -0.1) is 0 Å². The molecule has 1 atom stereocenters. The van der Waals surface area contributed by atoms with Crippen LogP contribution < -0.4 is 24.3 Å². The van der Waals surface area contributed by atoms with Crippen molar-refractivity contribution in [3.05, 3.63) is 83.9 Å². The van der Waals surface area contributed by atoms with Crippen molar-refractivity contribution in [2.75, 3.05) is 20.8 Å². The predicted molar refractivity (Wildman–Crippen MR) is 119 cm³/mol. The lowest BCUT2D eigenvalue weighted by Gasteiger charge is -2.18. The first-order chi connectivity index (χ1) is 15.1. The van der Waals surface area contributed by atoms with Crippen LogP contribution in [0.2, 0.25) is 0 Å². The SMILES string of the molecule is COc1ccc(OC)c([C@H](C)NC(=O)COc2ccc(OCc3ccccc3)cc2)c1. The molecule has 3 aromatic carbocycles. The van der Waals surface area contributed by atoms with Gasteiger partial charge in [0.1, 0.15) is 29.6 Å². The fourth-order valence-corrected chi connectivity index (χ4v) is 3.06. The Morgan fingerprint density at radius 1 is 0.839 bits per heavy atom. The van der Waals surface area contributed by atoms with Gasteiger partial charge < -0.3 is 24.3 Å². The summed E-state index contributed by atoms with van der Waals surface area (Å²) in [7, 11) is 3.19. The zero-order valence-corrected chi connectivity index (χ0v) is 18.0. The van der Waals surface area contributed by atoms with Gasteiger partial charge in [0.05, 0.1) is 20.3 Å². The molecule has 6 heteroatoms. The minimum absolute atomic E-state index is 0.0964. The maximum Gasteiger partial charge on any atom is 0.258 e. The van der Waals surface area contributed by atoms with Gasteiger partial charge in [0.2, 0.25) is 0 Å². The number of rotatable bonds is 10. The number of carbonyl (C=O) groups is 1. The molecule has 1 amide bonds. The van der Waals surface area contributed by atoms with Gasteiger partial charge in [-0.25, -0.2) is 0 Å². The van der Waals surface area contributed by atoms with E-state index in [-0.39, 0.29) is 18.6 Å². The van der Waals surface area contributed by atoms with E-state index in [4.69, 9.17) is 18.9 Å². The number of methoxy groups -OCH3 is 2. The summed E-state index contributed by atoms with van der Waals surface area (Å²) in [6.07, 6.45) is 0. The molecule has 1 N–H and O–H groups in total. The second-order valence-corrected chi connectivity index (χ2v) is 6.93. The lowest BCUT2D eigenvalue weighted by molar-refractivity contribution is -0.123. The highest BCUT2D eigenvalue weighted by Crippen LogP contribution is 2.29. The molecule has 3 aromatic rings. The van der Waals surface area contributed by atoms with Crippen molar-refractivity contribution in [2.24, 2.45) is 0 Å². The maximum atomic E-state index is 12.3. The lowest BCUT2D eigenvalue weighted by atomic mass is 10.1. The highest BCUT2D eigenvalue weighted by atomic mass is 16.5. The molecule has 6 nitrogen and oxygen atoms in total. The molecule has 0 bridgehead atoms. The molecule has 0 unspecified atom stereocenters. The standard InChI is InChI=1S/C25H27NO5/c1-18(23-15-22(28-2)13-14-24(23)29-3)26-25(27)17-31-21-11-9-20(10-12-21)30-16-19-7-5-4-6-8-19/h4-15,18H,16-17H2,1-3H3,(H,26,27)/t18-/m0/s1. The molecule has 0 radical (unpaired) electrons. The lowest BCUT2D eigenvalue weighted by Crippen LogP contribution is -2.31. The van der Waals surface area contributed by atoms with E-state index in [0.717, 1.165) is 16.9 Å². The van der Waals surface area contributed by atoms with Gasteiger partial charge in [0, 0.05) is 5.56 Å². The Kier molecular flexibility index (Phi) is 7.76. The maximum absolute atomic E-state index is 12.3. The zero-order valence-electron chi connectivity index (χ0n) is 18.0. The topological polar surface area (TPSA) is 66.0 Å². The van der Waals surface area contributed by atoms with Crippen molar-refractivity contribution in [2.45, 2.75) is 19.6 Å². The van der Waals surface area contributed by atoms with Crippen molar-refractivity contribution in [1.29, 1.82) is 0 Å².